The first-order valence-electron chi connectivity index (χ1n) is 11.0. The quantitative estimate of drug-likeness (QED) is 0.355. The number of aliphatic hydroxyl groups excluding tert-OH is 1. The highest BCUT2D eigenvalue weighted by Crippen LogP contribution is 2.25. The largest absolute Gasteiger partial charge is 0.396 e. The zero-order valence-corrected chi connectivity index (χ0v) is 19.7. The van der Waals surface area contributed by atoms with Crippen molar-refractivity contribution >= 4 is 26.9 Å². The summed E-state index contributed by atoms with van der Waals surface area (Å²) in [6.45, 7) is 3.22. The molecule has 0 aliphatic carbocycles. The molecular weight excluding hydrogens is 452 g/mol. The lowest BCUT2D eigenvalue weighted by atomic mass is 10.0. The van der Waals surface area contributed by atoms with Gasteiger partial charge in [-0.3, -0.25) is 4.79 Å². The van der Waals surface area contributed by atoms with Crippen molar-refractivity contribution in [2.45, 2.75) is 36.5 Å². The van der Waals surface area contributed by atoms with Crippen molar-refractivity contribution in [1.29, 1.82) is 0 Å². The van der Waals surface area contributed by atoms with Gasteiger partial charge in [0.25, 0.3) is 5.91 Å². The Hall–Kier alpha value is -3.56. The summed E-state index contributed by atoms with van der Waals surface area (Å²) in [6, 6.07) is 15.6. The van der Waals surface area contributed by atoms with Crippen LogP contribution in [0.1, 0.15) is 42.2 Å². The maximum Gasteiger partial charge on any atom is 0.255 e. The number of aromatic nitrogens is 3. The summed E-state index contributed by atoms with van der Waals surface area (Å²) in [4.78, 5) is 25.3. The number of sulfone groups is 1. The Labute approximate surface area is 198 Å². The SMILES string of the molecule is CC(C)S(=O)(=O)c1ccc(-c2cnc3[nH]cc(C(=O)N[C@@H](CCO)c4ccccc4)c3n2)cc1. The molecule has 0 bridgehead atoms. The van der Waals surface area contributed by atoms with Gasteiger partial charge < -0.3 is 15.4 Å². The Kier molecular flexibility index (Phi) is 6.76. The topological polar surface area (TPSA) is 125 Å². The number of amides is 1. The molecule has 176 valence electrons. The highest BCUT2D eigenvalue weighted by Gasteiger charge is 2.21. The molecule has 0 spiro atoms. The van der Waals surface area contributed by atoms with Crippen LogP contribution in [0.15, 0.2) is 71.9 Å². The smallest absolute Gasteiger partial charge is 0.255 e. The second-order valence-electron chi connectivity index (χ2n) is 8.22. The molecule has 0 aliphatic rings. The number of aliphatic hydroxyl groups is 1. The summed E-state index contributed by atoms with van der Waals surface area (Å²) in [5, 5.41) is 11.9. The van der Waals surface area contributed by atoms with Crippen LogP contribution in [-0.2, 0) is 9.84 Å². The highest BCUT2D eigenvalue weighted by molar-refractivity contribution is 7.92. The Bertz CT molecular complexity index is 1400. The number of H-pyrrole nitrogens is 1. The molecule has 0 fully saturated rings. The monoisotopic (exact) mass is 478 g/mol. The number of hydrogen-bond donors (Lipinski definition) is 3. The van der Waals surface area contributed by atoms with Crippen LogP contribution in [0.4, 0.5) is 0 Å². The average molecular weight is 479 g/mol. The van der Waals surface area contributed by atoms with Crippen molar-refractivity contribution < 1.29 is 18.3 Å². The zero-order valence-electron chi connectivity index (χ0n) is 18.9. The van der Waals surface area contributed by atoms with E-state index < -0.39 is 15.1 Å². The number of fused-ring (bicyclic) bond motifs is 1. The minimum absolute atomic E-state index is 0.0692. The fourth-order valence-electron chi connectivity index (χ4n) is 3.66. The predicted octanol–water partition coefficient (Wildman–Crippen LogP) is 3.66. The molecule has 0 aliphatic heterocycles. The van der Waals surface area contributed by atoms with Crippen molar-refractivity contribution in [2.75, 3.05) is 6.61 Å². The Balaban J connectivity index is 1.63. The van der Waals surface area contributed by atoms with Gasteiger partial charge >= 0.3 is 0 Å². The molecule has 1 amide bonds. The molecule has 2 aromatic carbocycles. The van der Waals surface area contributed by atoms with Gasteiger partial charge in [-0.2, -0.15) is 0 Å². The third-order valence-electron chi connectivity index (χ3n) is 5.65. The highest BCUT2D eigenvalue weighted by atomic mass is 32.2. The van der Waals surface area contributed by atoms with E-state index in [0.717, 1.165) is 5.56 Å². The lowest BCUT2D eigenvalue weighted by Gasteiger charge is -2.18. The van der Waals surface area contributed by atoms with Crippen molar-refractivity contribution in [3.8, 4) is 11.3 Å². The number of carbonyl (C=O) groups is 1. The molecule has 1 atom stereocenters. The number of carbonyl (C=O) groups excluding carboxylic acids is 1. The van der Waals surface area contributed by atoms with E-state index in [1.165, 1.54) is 0 Å². The van der Waals surface area contributed by atoms with Crippen LogP contribution in [0.2, 0.25) is 0 Å². The second kappa shape index (κ2) is 9.74. The fourth-order valence-corrected chi connectivity index (χ4v) is 4.72. The average Bonchev–Trinajstić information content (AvgIpc) is 3.28. The van der Waals surface area contributed by atoms with Gasteiger partial charge in [-0.25, -0.2) is 18.4 Å². The van der Waals surface area contributed by atoms with Crippen LogP contribution in [-0.4, -0.2) is 46.2 Å². The molecule has 0 saturated carbocycles. The predicted molar refractivity (Wildman–Crippen MR) is 130 cm³/mol. The van der Waals surface area contributed by atoms with E-state index in [1.54, 1.807) is 50.5 Å². The molecule has 3 N–H and O–H groups in total. The van der Waals surface area contributed by atoms with E-state index in [9.17, 15) is 18.3 Å². The molecular formula is C25H26N4O4S. The molecule has 0 radical (unpaired) electrons. The molecule has 0 unspecified atom stereocenters. The van der Waals surface area contributed by atoms with Crippen LogP contribution >= 0.6 is 0 Å². The van der Waals surface area contributed by atoms with E-state index in [-0.39, 0.29) is 23.5 Å². The first kappa shape index (κ1) is 23.6. The summed E-state index contributed by atoms with van der Waals surface area (Å²) in [5.74, 6) is -0.335. The van der Waals surface area contributed by atoms with Crippen LogP contribution in [0.3, 0.4) is 0 Å². The molecule has 9 heteroatoms. The summed E-state index contributed by atoms with van der Waals surface area (Å²) in [6.07, 6.45) is 3.51. The van der Waals surface area contributed by atoms with Crippen molar-refractivity contribution in [1.82, 2.24) is 20.3 Å². The van der Waals surface area contributed by atoms with Gasteiger partial charge in [-0.15, -0.1) is 0 Å². The third kappa shape index (κ3) is 4.71. The lowest BCUT2D eigenvalue weighted by molar-refractivity contribution is 0.0931. The molecule has 0 saturated heterocycles. The van der Waals surface area contributed by atoms with E-state index in [2.05, 4.69) is 20.3 Å². The standard InChI is InChI=1S/C25H26N4O4S/c1-16(2)34(32,33)19-10-8-18(9-11-19)22-15-27-24-23(28-22)20(14-26-24)25(31)29-21(12-13-30)17-6-4-3-5-7-17/h3-11,14-16,21,30H,12-13H2,1-2H3,(H,26,27)(H,29,31)/t21-/m0/s1. The summed E-state index contributed by atoms with van der Waals surface area (Å²) >= 11 is 0. The van der Waals surface area contributed by atoms with Crippen LogP contribution in [0.5, 0.6) is 0 Å². The molecule has 4 aromatic rings. The minimum atomic E-state index is -3.37. The molecule has 2 heterocycles. The Morgan fingerprint density at radius 3 is 2.44 bits per heavy atom. The molecule has 2 aromatic heterocycles. The molecule has 8 nitrogen and oxygen atoms in total. The summed E-state index contributed by atoms with van der Waals surface area (Å²) in [5.41, 5.74) is 3.31. The van der Waals surface area contributed by atoms with Gasteiger partial charge in [0.15, 0.2) is 15.5 Å². The summed E-state index contributed by atoms with van der Waals surface area (Å²) < 4.78 is 24.8. The third-order valence-corrected chi connectivity index (χ3v) is 7.82. The fraction of sp³-hybridized carbons (Fsp3) is 0.240. The zero-order chi connectivity index (χ0) is 24.3. The van der Waals surface area contributed by atoms with Crippen molar-refractivity contribution in [3.05, 3.63) is 78.1 Å². The first-order valence-corrected chi connectivity index (χ1v) is 12.5. The Morgan fingerprint density at radius 1 is 1.09 bits per heavy atom. The number of benzene rings is 2. The van der Waals surface area contributed by atoms with Gasteiger partial charge in [0.1, 0.15) is 5.52 Å². The summed E-state index contributed by atoms with van der Waals surface area (Å²) in [7, 11) is -3.37. The second-order valence-corrected chi connectivity index (χ2v) is 10.7. The van der Waals surface area contributed by atoms with Gasteiger partial charge in [-0.05, 0) is 38.0 Å². The van der Waals surface area contributed by atoms with E-state index in [4.69, 9.17) is 0 Å². The van der Waals surface area contributed by atoms with Crippen molar-refractivity contribution in [2.24, 2.45) is 0 Å². The number of nitrogens with one attached hydrogen (secondary N) is 2. The Morgan fingerprint density at radius 2 is 1.79 bits per heavy atom. The normalized spacial score (nSPS) is 12.7. The first-order chi connectivity index (χ1) is 16.3. The molecule has 34 heavy (non-hydrogen) atoms. The van der Waals surface area contributed by atoms with Gasteiger partial charge in [0, 0.05) is 18.4 Å². The maximum atomic E-state index is 13.1. The number of nitrogens with zero attached hydrogens (tertiary/aromatic N) is 2. The van der Waals surface area contributed by atoms with Gasteiger partial charge in [0.05, 0.1) is 33.6 Å². The lowest BCUT2D eigenvalue weighted by Crippen LogP contribution is -2.29. The van der Waals surface area contributed by atoms with Crippen molar-refractivity contribution in [3.63, 3.8) is 0 Å². The van der Waals surface area contributed by atoms with Crippen LogP contribution < -0.4 is 5.32 Å². The van der Waals surface area contributed by atoms with Crippen LogP contribution in [0.25, 0.3) is 22.4 Å². The van der Waals surface area contributed by atoms with Gasteiger partial charge in [0.2, 0.25) is 0 Å². The molecule has 4 rings (SSSR count). The number of hydrogen-bond acceptors (Lipinski definition) is 6. The van der Waals surface area contributed by atoms with Crippen LogP contribution in [0, 0.1) is 0 Å². The number of aromatic amines is 1. The number of rotatable bonds is 8. The maximum absolute atomic E-state index is 13.1. The van der Waals surface area contributed by atoms with Gasteiger partial charge in [-0.1, -0.05) is 42.5 Å². The van der Waals surface area contributed by atoms with E-state index >= 15 is 0 Å². The van der Waals surface area contributed by atoms with E-state index in [0.29, 0.717) is 34.4 Å². The van der Waals surface area contributed by atoms with E-state index in [1.807, 2.05) is 30.3 Å². The minimum Gasteiger partial charge on any atom is -0.396 e.